The summed E-state index contributed by atoms with van der Waals surface area (Å²) >= 11 is 0. The van der Waals surface area contributed by atoms with E-state index in [-0.39, 0.29) is 24.2 Å². The smallest absolute Gasteiger partial charge is 0.416 e. The van der Waals surface area contributed by atoms with Crippen molar-refractivity contribution in [2.75, 3.05) is 13.2 Å². The lowest BCUT2D eigenvalue weighted by Gasteiger charge is -2.20. The van der Waals surface area contributed by atoms with Crippen molar-refractivity contribution < 1.29 is 19.1 Å². The summed E-state index contributed by atoms with van der Waals surface area (Å²) in [5.41, 5.74) is 1.00. The monoisotopic (exact) mass is 331 g/mol. The zero-order valence-corrected chi connectivity index (χ0v) is 14.4. The normalized spacial score (nSPS) is 25.8. The van der Waals surface area contributed by atoms with Crippen LogP contribution in [0.1, 0.15) is 38.7 Å². The average molecular weight is 331 g/mol. The number of carbonyl (C=O) groups is 2. The molecule has 2 unspecified atom stereocenters. The first kappa shape index (κ1) is 17.0. The predicted molar refractivity (Wildman–Crippen MR) is 89.5 cm³/mol. The van der Waals surface area contributed by atoms with Crippen LogP contribution in [0.4, 0.5) is 4.79 Å². The van der Waals surface area contributed by atoms with Gasteiger partial charge in [0.1, 0.15) is 6.61 Å². The minimum atomic E-state index is -0.510. The first-order valence-electron chi connectivity index (χ1n) is 8.61. The molecule has 0 saturated carbocycles. The van der Waals surface area contributed by atoms with Gasteiger partial charge >= 0.3 is 6.09 Å². The number of nitrogens with zero attached hydrogens (tertiary/aromatic N) is 1. The highest BCUT2D eigenvalue weighted by Gasteiger charge is 2.38. The van der Waals surface area contributed by atoms with Crippen LogP contribution in [-0.4, -0.2) is 41.8 Å². The van der Waals surface area contributed by atoms with Gasteiger partial charge in [0, 0.05) is 6.42 Å². The van der Waals surface area contributed by atoms with Crippen molar-refractivity contribution in [2.24, 2.45) is 5.92 Å². The Labute approximate surface area is 142 Å². The summed E-state index contributed by atoms with van der Waals surface area (Å²) in [6, 6.07) is 9.67. The van der Waals surface area contributed by atoms with Crippen LogP contribution in [0.5, 0.6) is 0 Å². The van der Waals surface area contributed by atoms with Crippen LogP contribution >= 0.6 is 0 Å². The van der Waals surface area contributed by atoms with Crippen LogP contribution in [0.15, 0.2) is 30.3 Å². The van der Waals surface area contributed by atoms with E-state index in [9.17, 15) is 9.59 Å². The topological polar surface area (TPSA) is 55.8 Å². The molecule has 0 N–H and O–H groups in total. The van der Waals surface area contributed by atoms with Crippen molar-refractivity contribution >= 4 is 12.0 Å². The SMILES string of the molecule is CC1(C)CC(CCC(=O)N2C(=O)OCC2Cc2ccccc2)CO1. The van der Waals surface area contributed by atoms with Crippen molar-refractivity contribution in [1.29, 1.82) is 0 Å². The molecule has 0 aromatic heterocycles. The molecule has 2 saturated heterocycles. The molecule has 1 aromatic carbocycles. The lowest BCUT2D eigenvalue weighted by Crippen LogP contribution is -2.40. The summed E-state index contributed by atoms with van der Waals surface area (Å²) in [6.07, 6.45) is 2.20. The largest absolute Gasteiger partial charge is 0.447 e. The number of ether oxygens (including phenoxy) is 2. The van der Waals surface area contributed by atoms with E-state index in [0.29, 0.717) is 25.4 Å². The van der Waals surface area contributed by atoms with Crippen LogP contribution in [0.3, 0.4) is 0 Å². The van der Waals surface area contributed by atoms with E-state index in [1.54, 1.807) is 0 Å². The lowest BCUT2D eigenvalue weighted by molar-refractivity contribution is -0.129. The molecule has 2 aliphatic rings. The first-order valence-corrected chi connectivity index (χ1v) is 8.61. The molecular weight excluding hydrogens is 306 g/mol. The Morgan fingerprint density at radius 1 is 1.25 bits per heavy atom. The number of rotatable bonds is 5. The quantitative estimate of drug-likeness (QED) is 0.831. The summed E-state index contributed by atoms with van der Waals surface area (Å²) in [5.74, 6) is 0.248. The molecule has 2 atom stereocenters. The molecule has 2 aliphatic heterocycles. The molecule has 2 heterocycles. The van der Waals surface area contributed by atoms with E-state index in [4.69, 9.17) is 9.47 Å². The molecule has 0 spiro atoms. The van der Waals surface area contributed by atoms with Gasteiger partial charge < -0.3 is 9.47 Å². The van der Waals surface area contributed by atoms with Crippen molar-refractivity contribution in [1.82, 2.24) is 4.90 Å². The van der Waals surface area contributed by atoms with E-state index in [1.165, 1.54) is 4.90 Å². The van der Waals surface area contributed by atoms with Crippen LogP contribution in [0.2, 0.25) is 0 Å². The second-order valence-electron chi connectivity index (χ2n) is 7.36. The average Bonchev–Trinajstić information content (AvgIpc) is 3.08. The Kier molecular flexibility index (Phi) is 4.90. The third-order valence-corrected chi connectivity index (χ3v) is 4.80. The maximum atomic E-state index is 12.6. The van der Waals surface area contributed by atoms with E-state index in [0.717, 1.165) is 18.4 Å². The van der Waals surface area contributed by atoms with Gasteiger partial charge in [-0.1, -0.05) is 30.3 Å². The number of hydrogen-bond acceptors (Lipinski definition) is 4. The Morgan fingerprint density at radius 3 is 2.67 bits per heavy atom. The van der Waals surface area contributed by atoms with Gasteiger partial charge in [-0.3, -0.25) is 4.79 Å². The lowest BCUT2D eigenvalue weighted by atomic mass is 9.94. The molecule has 0 bridgehead atoms. The van der Waals surface area contributed by atoms with E-state index in [1.807, 2.05) is 30.3 Å². The number of cyclic esters (lactones) is 1. The minimum Gasteiger partial charge on any atom is -0.447 e. The fourth-order valence-corrected chi connectivity index (χ4v) is 3.59. The Hall–Kier alpha value is -1.88. The predicted octanol–water partition coefficient (Wildman–Crippen LogP) is 3.17. The van der Waals surface area contributed by atoms with Gasteiger partial charge in [-0.2, -0.15) is 0 Å². The van der Waals surface area contributed by atoms with E-state index >= 15 is 0 Å². The third kappa shape index (κ3) is 3.96. The minimum absolute atomic E-state index is 0.101. The molecule has 2 amide bonds. The number of benzene rings is 1. The Bertz CT molecular complexity index is 599. The molecule has 0 aliphatic carbocycles. The molecule has 1 aromatic rings. The zero-order chi connectivity index (χ0) is 17.2. The maximum Gasteiger partial charge on any atom is 0.416 e. The summed E-state index contributed by atoms with van der Waals surface area (Å²) < 4.78 is 10.8. The summed E-state index contributed by atoms with van der Waals surface area (Å²) in [4.78, 5) is 25.8. The van der Waals surface area contributed by atoms with Crippen LogP contribution in [0, 0.1) is 5.92 Å². The van der Waals surface area contributed by atoms with E-state index in [2.05, 4.69) is 13.8 Å². The molecule has 5 heteroatoms. The molecular formula is C19H25NO4. The van der Waals surface area contributed by atoms with Gasteiger partial charge in [-0.25, -0.2) is 9.69 Å². The summed E-state index contributed by atoms with van der Waals surface area (Å²) in [5, 5.41) is 0. The van der Waals surface area contributed by atoms with Crippen molar-refractivity contribution in [3.05, 3.63) is 35.9 Å². The zero-order valence-electron chi connectivity index (χ0n) is 14.4. The van der Waals surface area contributed by atoms with Crippen LogP contribution in [-0.2, 0) is 20.7 Å². The standard InChI is InChI=1S/C19H25NO4/c1-19(2)11-15(12-24-19)8-9-17(21)20-16(13-23-18(20)22)10-14-6-4-3-5-7-14/h3-7,15-16H,8-13H2,1-2H3. The maximum absolute atomic E-state index is 12.6. The third-order valence-electron chi connectivity index (χ3n) is 4.80. The van der Waals surface area contributed by atoms with Gasteiger partial charge in [0.05, 0.1) is 18.2 Å². The van der Waals surface area contributed by atoms with Gasteiger partial charge in [0.15, 0.2) is 0 Å². The van der Waals surface area contributed by atoms with Crippen molar-refractivity contribution in [3.8, 4) is 0 Å². The van der Waals surface area contributed by atoms with Gasteiger partial charge in [0.25, 0.3) is 0 Å². The van der Waals surface area contributed by atoms with Gasteiger partial charge in [-0.05, 0) is 44.6 Å². The Balaban J connectivity index is 1.56. The number of carbonyl (C=O) groups excluding carboxylic acids is 2. The fourth-order valence-electron chi connectivity index (χ4n) is 3.59. The van der Waals surface area contributed by atoms with Crippen molar-refractivity contribution in [2.45, 2.75) is 51.2 Å². The molecule has 0 radical (unpaired) electrons. The van der Waals surface area contributed by atoms with E-state index < -0.39 is 6.09 Å². The number of amides is 2. The summed E-state index contributed by atoms with van der Waals surface area (Å²) in [7, 11) is 0. The fraction of sp³-hybridized carbons (Fsp3) is 0.579. The first-order chi connectivity index (χ1) is 11.4. The van der Waals surface area contributed by atoms with Gasteiger partial charge in [-0.15, -0.1) is 0 Å². The highest BCUT2D eigenvalue weighted by molar-refractivity contribution is 5.93. The highest BCUT2D eigenvalue weighted by Crippen LogP contribution is 2.32. The highest BCUT2D eigenvalue weighted by atomic mass is 16.6. The molecule has 5 nitrogen and oxygen atoms in total. The van der Waals surface area contributed by atoms with Crippen LogP contribution < -0.4 is 0 Å². The van der Waals surface area contributed by atoms with Crippen LogP contribution in [0.25, 0.3) is 0 Å². The summed E-state index contributed by atoms with van der Waals surface area (Å²) in [6.45, 7) is 5.11. The molecule has 24 heavy (non-hydrogen) atoms. The molecule has 2 fully saturated rings. The molecule has 130 valence electrons. The van der Waals surface area contributed by atoms with Crippen molar-refractivity contribution in [3.63, 3.8) is 0 Å². The molecule has 3 rings (SSSR count). The second kappa shape index (κ2) is 6.93. The second-order valence-corrected chi connectivity index (χ2v) is 7.36. The number of imide groups is 1. The van der Waals surface area contributed by atoms with Gasteiger partial charge in [0.2, 0.25) is 5.91 Å². The Morgan fingerprint density at radius 2 is 2.00 bits per heavy atom. The number of hydrogen-bond donors (Lipinski definition) is 0.